The van der Waals surface area contributed by atoms with E-state index >= 15 is 0 Å². The smallest absolute Gasteiger partial charge is 0.410 e. The number of benzene rings is 2. The van der Waals surface area contributed by atoms with Crippen LogP contribution in [-0.2, 0) is 9.53 Å². The highest BCUT2D eigenvalue weighted by Crippen LogP contribution is 2.68. The lowest BCUT2D eigenvalue weighted by atomic mass is 9.84. The molecule has 144 valence electrons. The zero-order valence-corrected chi connectivity index (χ0v) is 14.8. The second-order valence-electron chi connectivity index (χ2n) is 7.71. The summed E-state index contributed by atoms with van der Waals surface area (Å²) in [6, 6.07) is 14.1. The number of carbonyl (C=O) groups excluding carboxylic acids is 1. The van der Waals surface area contributed by atoms with Crippen LogP contribution >= 0.6 is 0 Å². The average molecular weight is 385 g/mol. The molecule has 1 N–H and O–H groups in total. The highest BCUT2D eigenvalue weighted by atomic mass is 19.3. The molecule has 28 heavy (non-hydrogen) atoms. The van der Waals surface area contributed by atoms with E-state index < -0.39 is 35.9 Å². The molecule has 2 fully saturated rings. The minimum atomic E-state index is -3.03. The number of ether oxygens (including phenoxy) is 1. The topological polar surface area (TPSA) is 66.8 Å². The molecule has 2 aromatic rings. The summed E-state index contributed by atoms with van der Waals surface area (Å²) < 4.78 is 32.6. The number of rotatable bonds is 3. The first-order chi connectivity index (χ1) is 13.4. The summed E-state index contributed by atoms with van der Waals surface area (Å²) in [5.41, 5.74) is 2.58. The van der Waals surface area contributed by atoms with Crippen LogP contribution in [0.15, 0.2) is 48.5 Å². The van der Waals surface area contributed by atoms with Gasteiger partial charge in [-0.3, -0.25) is 4.90 Å². The van der Waals surface area contributed by atoms with Crippen LogP contribution in [0.25, 0.3) is 11.1 Å². The molecule has 2 atom stereocenters. The van der Waals surface area contributed by atoms with Crippen LogP contribution in [0.5, 0.6) is 0 Å². The molecule has 1 saturated carbocycles. The Morgan fingerprint density at radius 1 is 1.07 bits per heavy atom. The van der Waals surface area contributed by atoms with Crippen LogP contribution in [0, 0.1) is 5.41 Å². The predicted molar refractivity (Wildman–Crippen MR) is 95.2 cm³/mol. The standard InChI is InChI=1S/C21H17F2NO4/c22-21(23)10-20(21)11-24(17(20)18(25)26)19(27)28-9-16-14-7-3-1-5-12(14)13-6-2-4-8-15(13)16/h1-8,16-17H,9-11H2,(H,25,26)/t17-,20+/m0/s1. The Bertz CT molecular complexity index is 962. The number of likely N-dealkylation sites (tertiary alicyclic amines) is 1. The Kier molecular flexibility index (Phi) is 3.39. The van der Waals surface area contributed by atoms with Crippen molar-refractivity contribution in [1.29, 1.82) is 0 Å². The van der Waals surface area contributed by atoms with Gasteiger partial charge in [-0.05, 0) is 22.3 Å². The van der Waals surface area contributed by atoms with Gasteiger partial charge in [0.25, 0.3) is 5.92 Å². The van der Waals surface area contributed by atoms with E-state index in [0.717, 1.165) is 27.2 Å². The number of hydrogen-bond donors (Lipinski definition) is 1. The second-order valence-corrected chi connectivity index (χ2v) is 7.71. The number of carboxylic acid groups (broad SMARTS) is 1. The summed E-state index contributed by atoms with van der Waals surface area (Å²) in [6.45, 7) is -0.257. The monoisotopic (exact) mass is 385 g/mol. The van der Waals surface area contributed by atoms with Crippen molar-refractivity contribution in [1.82, 2.24) is 4.90 Å². The molecule has 0 bridgehead atoms. The highest BCUT2D eigenvalue weighted by Gasteiger charge is 2.83. The van der Waals surface area contributed by atoms with Gasteiger partial charge in [-0.1, -0.05) is 48.5 Å². The van der Waals surface area contributed by atoms with Crippen molar-refractivity contribution in [3.05, 3.63) is 59.7 Å². The first kappa shape index (κ1) is 17.2. The normalized spacial score (nSPS) is 26.4. The molecule has 0 aromatic heterocycles. The van der Waals surface area contributed by atoms with Crippen LogP contribution in [0.4, 0.5) is 13.6 Å². The summed E-state index contributed by atoms with van der Waals surface area (Å²) in [4.78, 5) is 24.8. The molecule has 1 spiro atoms. The van der Waals surface area contributed by atoms with Crippen molar-refractivity contribution in [2.24, 2.45) is 5.41 Å². The maximum atomic E-state index is 13.6. The van der Waals surface area contributed by atoms with Gasteiger partial charge in [-0.25, -0.2) is 18.4 Å². The number of aliphatic carboxylic acids is 1. The third-order valence-electron chi connectivity index (χ3n) is 6.23. The third-order valence-corrected chi connectivity index (χ3v) is 6.23. The molecule has 2 aliphatic carbocycles. The molecule has 1 aliphatic heterocycles. The lowest BCUT2D eigenvalue weighted by molar-refractivity contribution is -0.159. The van der Waals surface area contributed by atoms with Crippen molar-refractivity contribution in [3.63, 3.8) is 0 Å². The Morgan fingerprint density at radius 3 is 2.11 bits per heavy atom. The van der Waals surface area contributed by atoms with Crippen molar-refractivity contribution >= 4 is 12.1 Å². The number of carboxylic acids is 1. The van der Waals surface area contributed by atoms with Gasteiger partial charge in [0.05, 0.1) is 5.41 Å². The van der Waals surface area contributed by atoms with E-state index in [2.05, 4.69) is 0 Å². The summed E-state index contributed by atoms with van der Waals surface area (Å²) in [7, 11) is 0. The molecule has 5 rings (SSSR count). The van der Waals surface area contributed by atoms with Crippen LogP contribution in [0.3, 0.4) is 0 Å². The number of halogens is 2. The van der Waals surface area contributed by atoms with Gasteiger partial charge in [-0.15, -0.1) is 0 Å². The van der Waals surface area contributed by atoms with E-state index in [1.54, 1.807) is 0 Å². The van der Waals surface area contributed by atoms with Crippen LogP contribution in [0.2, 0.25) is 0 Å². The summed E-state index contributed by atoms with van der Waals surface area (Å²) in [5, 5.41) is 9.32. The second kappa shape index (κ2) is 5.53. The van der Waals surface area contributed by atoms with Gasteiger partial charge in [-0.2, -0.15) is 0 Å². The van der Waals surface area contributed by atoms with Gasteiger partial charge in [0.1, 0.15) is 12.6 Å². The number of amides is 1. The van der Waals surface area contributed by atoms with Gasteiger partial charge in [0, 0.05) is 18.9 Å². The molecule has 1 heterocycles. The van der Waals surface area contributed by atoms with Crippen molar-refractivity contribution in [2.75, 3.05) is 13.2 Å². The van der Waals surface area contributed by atoms with Crippen LogP contribution in [-0.4, -0.2) is 47.2 Å². The maximum absolute atomic E-state index is 13.6. The molecule has 3 aliphatic rings. The Balaban J connectivity index is 1.34. The number of fused-ring (bicyclic) bond motifs is 3. The fourth-order valence-electron chi connectivity index (χ4n) is 4.70. The first-order valence-electron chi connectivity index (χ1n) is 9.08. The zero-order chi connectivity index (χ0) is 19.7. The minimum Gasteiger partial charge on any atom is -0.480 e. The van der Waals surface area contributed by atoms with Crippen LogP contribution in [0.1, 0.15) is 23.5 Å². The molecule has 0 radical (unpaired) electrons. The van der Waals surface area contributed by atoms with Crippen molar-refractivity contribution in [3.8, 4) is 11.1 Å². The fraction of sp³-hybridized carbons (Fsp3) is 0.333. The molecular formula is C21H17F2NO4. The molecular weight excluding hydrogens is 368 g/mol. The minimum absolute atomic E-state index is 0.0269. The summed E-state index contributed by atoms with van der Waals surface area (Å²) >= 11 is 0. The number of alkyl halides is 2. The highest BCUT2D eigenvalue weighted by molar-refractivity contribution is 5.85. The maximum Gasteiger partial charge on any atom is 0.410 e. The first-order valence-corrected chi connectivity index (χ1v) is 9.08. The van der Waals surface area contributed by atoms with E-state index in [-0.39, 0.29) is 19.1 Å². The van der Waals surface area contributed by atoms with E-state index in [1.807, 2.05) is 48.5 Å². The summed E-state index contributed by atoms with van der Waals surface area (Å²) in [6.07, 6.45) is -1.35. The molecule has 1 amide bonds. The quantitative estimate of drug-likeness (QED) is 0.874. The van der Waals surface area contributed by atoms with Gasteiger partial charge in [0.15, 0.2) is 0 Å². The van der Waals surface area contributed by atoms with E-state index in [1.165, 1.54) is 0 Å². The van der Waals surface area contributed by atoms with E-state index in [0.29, 0.717) is 0 Å². The number of carbonyl (C=O) groups is 2. The van der Waals surface area contributed by atoms with Crippen molar-refractivity contribution in [2.45, 2.75) is 24.3 Å². The zero-order valence-electron chi connectivity index (χ0n) is 14.8. The largest absolute Gasteiger partial charge is 0.480 e. The lowest BCUT2D eigenvalue weighted by Crippen LogP contribution is -2.65. The fourth-order valence-corrected chi connectivity index (χ4v) is 4.70. The molecule has 5 nitrogen and oxygen atoms in total. The van der Waals surface area contributed by atoms with Gasteiger partial charge in [0.2, 0.25) is 0 Å². The molecule has 0 unspecified atom stereocenters. The summed E-state index contributed by atoms with van der Waals surface area (Å²) in [5.74, 6) is -4.62. The lowest BCUT2D eigenvalue weighted by Gasteiger charge is -2.45. The van der Waals surface area contributed by atoms with E-state index in [4.69, 9.17) is 4.74 Å². The number of hydrogen-bond acceptors (Lipinski definition) is 3. The molecule has 7 heteroatoms. The Morgan fingerprint density at radius 2 is 1.61 bits per heavy atom. The van der Waals surface area contributed by atoms with Crippen LogP contribution < -0.4 is 0 Å². The average Bonchev–Trinajstić information content (AvgIpc) is 3.10. The van der Waals surface area contributed by atoms with Gasteiger partial charge < -0.3 is 9.84 Å². The predicted octanol–water partition coefficient (Wildman–Crippen LogP) is 3.73. The van der Waals surface area contributed by atoms with Gasteiger partial charge >= 0.3 is 12.1 Å². The molecule has 2 aromatic carbocycles. The SMILES string of the molecule is O=C(O)[C@@H]1N(C(=O)OCC2c3ccccc3-c3ccccc32)C[C@]12CC2(F)F. The van der Waals surface area contributed by atoms with Crippen molar-refractivity contribution < 1.29 is 28.2 Å². The molecule has 1 saturated heterocycles. The number of nitrogens with zero attached hydrogens (tertiary/aromatic N) is 1. The third kappa shape index (κ3) is 2.16. The Hall–Kier alpha value is -2.96. The van der Waals surface area contributed by atoms with E-state index in [9.17, 15) is 23.5 Å². The Labute approximate surface area is 159 Å².